The molecule has 1 aromatic carbocycles. The van der Waals surface area contributed by atoms with Crippen molar-refractivity contribution in [2.45, 2.75) is 25.2 Å². The average molecular weight is 296 g/mol. The molecule has 0 atom stereocenters. The predicted octanol–water partition coefficient (Wildman–Crippen LogP) is 1.29. The van der Waals surface area contributed by atoms with Crippen molar-refractivity contribution in [3.05, 3.63) is 18.2 Å². The highest BCUT2D eigenvalue weighted by Gasteiger charge is 2.15. The number of sulfonamides is 1. The van der Waals surface area contributed by atoms with E-state index in [2.05, 4.69) is 19.9 Å². The van der Waals surface area contributed by atoms with Gasteiger partial charge in [0.1, 0.15) is 4.90 Å². The molecule has 0 unspecified atom stereocenters. The Balaban J connectivity index is 3.09. The third-order valence-corrected chi connectivity index (χ3v) is 3.73. The number of rotatable bonds is 6. The molecule has 0 saturated heterocycles. The molecule has 4 N–H and O–H groups in total. The van der Waals surface area contributed by atoms with Crippen LogP contribution in [0.1, 0.15) is 20.3 Å². The number of nitrogen functional groups attached to an aromatic ring is 1. The van der Waals surface area contributed by atoms with Crippen molar-refractivity contribution in [3.63, 3.8) is 0 Å². The molecule has 0 spiro atoms. The molecule has 6 nitrogen and oxygen atoms in total. The molecule has 110 valence electrons. The first-order valence-corrected chi connectivity index (χ1v) is 7.84. The number of nitriles is 1. The maximum Gasteiger partial charge on any atom is 0.240 e. The Kier molecular flexibility index (Phi) is 5.36. The van der Waals surface area contributed by atoms with E-state index in [0.29, 0.717) is 18.9 Å². The van der Waals surface area contributed by atoms with Gasteiger partial charge in [-0.05, 0) is 24.1 Å². The summed E-state index contributed by atoms with van der Waals surface area (Å²) >= 11 is 0. The molecule has 0 saturated carbocycles. The monoisotopic (exact) mass is 296 g/mol. The van der Waals surface area contributed by atoms with Gasteiger partial charge in [0, 0.05) is 18.8 Å². The molecule has 0 aliphatic rings. The summed E-state index contributed by atoms with van der Waals surface area (Å²) < 4.78 is 22.7. The molecule has 0 heterocycles. The van der Waals surface area contributed by atoms with E-state index in [4.69, 9.17) is 16.1 Å². The Morgan fingerprint density at radius 1 is 1.40 bits per heavy atom. The van der Waals surface area contributed by atoms with Crippen LogP contribution in [0.4, 0.5) is 11.4 Å². The summed E-state index contributed by atoms with van der Waals surface area (Å²) in [6, 6.07) is 6.75. The standard InChI is InChI=1S/C13H20N4O2S/c1-10(2)9-17(7-3-6-14)11-4-5-13(12(15)8-11)20(16,18)19/h4-5,8,10H,3,7,9,15H2,1-2H3,(H2,16,18,19). The minimum Gasteiger partial charge on any atom is -0.398 e. The van der Waals surface area contributed by atoms with E-state index in [1.54, 1.807) is 12.1 Å². The molecule has 1 rings (SSSR count). The number of primary sulfonamides is 1. The fraction of sp³-hybridized carbons (Fsp3) is 0.462. The SMILES string of the molecule is CC(C)CN(CCC#N)c1ccc(S(N)(=O)=O)c(N)c1. The minimum atomic E-state index is -3.81. The van der Waals surface area contributed by atoms with Crippen molar-refractivity contribution in [3.8, 4) is 6.07 Å². The smallest absolute Gasteiger partial charge is 0.240 e. The van der Waals surface area contributed by atoms with Crippen LogP contribution in [0.2, 0.25) is 0 Å². The molecule has 7 heteroatoms. The Labute approximate surface area is 120 Å². The van der Waals surface area contributed by atoms with E-state index in [9.17, 15) is 8.42 Å². The highest BCUT2D eigenvalue weighted by atomic mass is 32.2. The zero-order valence-corrected chi connectivity index (χ0v) is 12.5. The number of anilines is 2. The van der Waals surface area contributed by atoms with E-state index < -0.39 is 10.0 Å². The summed E-state index contributed by atoms with van der Waals surface area (Å²) in [4.78, 5) is 1.93. The van der Waals surface area contributed by atoms with Gasteiger partial charge >= 0.3 is 0 Å². The molecule has 1 aromatic rings. The van der Waals surface area contributed by atoms with Crippen LogP contribution in [-0.4, -0.2) is 21.5 Å². The van der Waals surface area contributed by atoms with Gasteiger partial charge in [0.2, 0.25) is 10.0 Å². The predicted molar refractivity (Wildman–Crippen MR) is 79.5 cm³/mol. The third kappa shape index (κ3) is 4.40. The van der Waals surface area contributed by atoms with Gasteiger partial charge in [-0.3, -0.25) is 0 Å². The van der Waals surface area contributed by atoms with Crippen LogP contribution in [0.25, 0.3) is 0 Å². The van der Waals surface area contributed by atoms with Crippen LogP contribution in [0.3, 0.4) is 0 Å². The van der Waals surface area contributed by atoms with E-state index >= 15 is 0 Å². The Morgan fingerprint density at radius 2 is 2.05 bits per heavy atom. The molecule has 0 aromatic heterocycles. The van der Waals surface area contributed by atoms with Gasteiger partial charge in [0.05, 0.1) is 18.2 Å². The van der Waals surface area contributed by atoms with Gasteiger partial charge in [-0.25, -0.2) is 13.6 Å². The van der Waals surface area contributed by atoms with Gasteiger partial charge in [0.15, 0.2) is 0 Å². The van der Waals surface area contributed by atoms with Gasteiger partial charge < -0.3 is 10.6 Å². The number of nitrogens with two attached hydrogens (primary N) is 2. The van der Waals surface area contributed by atoms with Crippen molar-refractivity contribution >= 4 is 21.4 Å². The zero-order valence-electron chi connectivity index (χ0n) is 11.7. The molecule has 20 heavy (non-hydrogen) atoms. The Bertz CT molecular complexity index is 605. The van der Waals surface area contributed by atoms with Crippen molar-refractivity contribution in [1.82, 2.24) is 0 Å². The van der Waals surface area contributed by atoms with Gasteiger partial charge in [-0.2, -0.15) is 5.26 Å². The largest absolute Gasteiger partial charge is 0.398 e. The van der Waals surface area contributed by atoms with Crippen LogP contribution < -0.4 is 15.8 Å². The number of hydrogen-bond donors (Lipinski definition) is 2. The highest BCUT2D eigenvalue weighted by Crippen LogP contribution is 2.25. The zero-order chi connectivity index (χ0) is 15.3. The quantitative estimate of drug-likeness (QED) is 0.768. The highest BCUT2D eigenvalue weighted by molar-refractivity contribution is 7.89. The first-order chi connectivity index (χ1) is 9.25. The second-order valence-corrected chi connectivity index (χ2v) is 6.54. The van der Waals surface area contributed by atoms with Gasteiger partial charge in [-0.1, -0.05) is 13.8 Å². The number of nitrogens with zero attached hydrogens (tertiary/aromatic N) is 2. The lowest BCUT2D eigenvalue weighted by molar-refractivity contribution is 0.598. The number of benzene rings is 1. The summed E-state index contributed by atoms with van der Waals surface area (Å²) in [5.74, 6) is 0.410. The third-order valence-electron chi connectivity index (χ3n) is 2.74. The topological polar surface area (TPSA) is 113 Å². The molecule has 0 aliphatic carbocycles. The lowest BCUT2D eigenvalue weighted by Gasteiger charge is -2.26. The summed E-state index contributed by atoms with van der Waals surface area (Å²) in [6.45, 7) is 5.47. The van der Waals surface area contributed by atoms with Crippen molar-refractivity contribution in [2.75, 3.05) is 23.7 Å². The fourth-order valence-electron chi connectivity index (χ4n) is 1.94. The second-order valence-electron chi connectivity index (χ2n) is 5.02. The van der Waals surface area contributed by atoms with E-state index in [0.717, 1.165) is 12.2 Å². The van der Waals surface area contributed by atoms with Crippen molar-refractivity contribution < 1.29 is 8.42 Å². The van der Waals surface area contributed by atoms with Crippen molar-refractivity contribution in [2.24, 2.45) is 11.1 Å². The molecular weight excluding hydrogens is 276 g/mol. The molecule has 0 radical (unpaired) electrons. The molecule has 0 fully saturated rings. The van der Waals surface area contributed by atoms with E-state index in [-0.39, 0.29) is 10.6 Å². The summed E-state index contributed by atoms with van der Waals surface area (Å²) in [7, 11) is -3.81. The Morgan fingerprint density at radius 3 is 2.50 bits per heavy atom. The molecule has 0 bridgehead atoms. The van der Waals surface area contributed by atoms with Crippen LogP contribution in [-0.2, 0) is 10.0 Å². The minimum absolute atomic E-state index is 0.0777. The van der Waals surface area contributed by atoms with Gasteiger partial charge in [-0.15, -0.1) is 0 Å². The molecule has 0 amide bonds. The summed E-state index contributed by atoms with van der Waals surface area (Å²) in [6.07, 6.45) is 0.392. The van der Waals surface area contributed by atoms with E-state index in [1.807, 2.05) is 4.90 Å². The van der Waals surface area contributed by atoms with Crippen LogP contribution in [0.5, 0.6) is 0 Å². The summed E-state index contributed by atoms with van der Waals surface area (Å²) in [5.41, 5.74) is 6.67. The molecular formula is C13H20N4O2S. The molecule has 0 aliphatic heterocycles. The fourth-order valence-corrected chi connectivity index (χ4v) is 2.59. The Hall–Kier alpha value is -1.78. The van der Waals surface area contributed by atoms with Crippen LogP contribution >= 0.6 is 0 Å². The first-order valence-electron chi connectivity index (χ1n) is 6.30. The normalized spacial score (nSPS) is 11.3. The second kappa shape index (κ2) is 6.59. The van der Waals surface area contributed by atoms with Crippen LogP contribution in [0, 0.1) is 17.2 Å². The maximum atomic E-state index is 11.3. The van der Waals surface area contributed by atoms with Crippen molar-refractivity contribution in [1.29, 1.82) is 5.26 Å². The average Bonchev–Trinajstić information content (AvgIpc) is 2.32. The maximum absolute atomic E-state index is 11.3. The lowest BCUT2D eigenvalue weighted by Crippen LogP contribution is -2.28. The number of hydrogen-bond acceptors (Lipinski definition) is 5. The van der Waals surface area contributed by atoms with Gasteiger partial charge in [0.25, 0.3) is 0 Å². The van der Waals surface area contributed by atoms with E-state index in [1.165, 1.54) is 6.07 Å². The lowest BCUT2D eigenvalue weighted by atomic mass is 10.1. The van der Waals surface area contributed by atoms with Crippen LogP contribution in [0.15, 0.2) is 23.1 Å². The summed E-state index contributed by atoms with van der Waals surface area (Å²) in [5, 5.41) is 13.8. The first kappa shape index (κ1) is 16.3.